The van der Waals surface area contributed by atoms with Crippen LogP contribution in [0, 0.1) is 0 Å². The molecule has 2 aromatic rings. The first-order chi connectivity index (χ1) is 12.0. The van der Waals surface area contributed by atoms with Gasteiger partial charge >= 0.3 is 12.4 Å². The Kier molecular flexibility index (Phi) is 4.19. The molecule has 3 nitrogen and oxygen atoms in total. The molecule has 3 rings (SSSR count). The van der Waals surface area contributed by atoms with E-state index in [-0.39, 0.29) is 15.6 Å². The van der Waals surface area contributed by atoms with E-state index in [1.54, 1.807) is 0 Å². The van der Waals surface area contributed by atoms with E-state index in [0.717, 1.165) is 24.3 Å². The van der Waals surface area contributed by atoms with Gasteiger partial charge in [0.25, 0.3) is 5.54 Å². The van der Waals surface area contributed by atoms with Crippen molar-refractivity contribution in [3.05, 3.63) is 64.7 Å². The van der Waals surface area contributed by atoms with Crippen LogP contribution in [-0.2, 0) is 5.54 Å². The van der Waals surface area contributed by atoms with Gasteiger partial charge < -0.3 is 0 Å². The highest BCUT2D eigenvalue weighted by Crippen LogP contribution is 2.57. The molecule has 0 unspecified atom stereocenters. The summed E-state index contributed by atoms with van der Waals surface area (Å²) in [5.74, 6) is -0.894. The minimum Gasteiger partial charge on any atom is -0.282 e. The third-order valence-corrected chi connectivity index (χ3v) is 4.17. The summed E-state index contributed by atoms with van der Waals surface area (Å²) in [6.07, 6.45) is -11.6. The normalized spacial score (nSPS) is 16.9. The average molecular weight is 395 g/mol. The molecule has 0 amide bonds. The molecule has 0 fully saturated rings. The Morgan fingerprint density at radius 3 is 1.96 bits per heavy atom. The SMILES string of the molecule is ON1C(c2ccc(Cl)cc2)=NC(C(F)(F)F)(C(F)(F)F)c2ccccc21. The minimum atomic E-state index is -5.79. The van der Waals surface area contributed by atoms with Crippen molar-refractivity contribution in [3.8, 4) is 0 Å². The summed E-state index contributed by atoms with van der Waals surface area (Å²) in [7, 11) is 0. The van der Waals surface area contributed by atoms with Gasteiger partial charge in [-0.2, -0.15) is 26.3 Å². The predicted octanol–water partition coefficient (Wildman–Crippen LogP) is 5.32. The summed E-state index contributed by atoms with van der Waals surface area (Å²) in [5.41, 5.74) is -6.54. The topological polar surface area (TPSA) is 35.8 Å². The number of halogens is 7. The minimum absolute atomic E-state index is 0.163. The van der Waals surface area contributed by atoms with Crippen LogP contribution in [0.15, 0.2) is 53.5 Å². The predicted molar refractivity (Wildman–Crippen MR) is 82.5 cm³/mol. The van der Waals surface area contributed by atoms with Gasteiger partial charge in [-0.15, -0.1) is 0 Å². The fraction of sp³-hybridized carbons (Fsp3) is 0.188. The highest BCUT2D eigenvalue weighted by Gasteiger charge is 2.74. The standard InChI is InChI=1S/C16H9ClF6N2O/c17-10-7-5-9(6-8-10)13-24-14(15(18,19)20,16(21,22)23)11-3-1-2-4-12(11)25(13)26/h1-8,26H. The molecular formula is C16H9ClF6N2O. The molecule has 0 spiro atoms. The number of benzene rings is 2. The first-order valence-corrected chi connectivity index (χ1v) is 7.44. The molecule has 138 valence electrons. The maximum atomic E-state index is 13.7. The smallest absolute Gasteiger partial charge is 0.282 e. The lowest BCUT2D eigenvalue weighted by Gasteiger charge is -2.40. The maximum absolute atomic E-state index is 13.7. The molecule has 1 N–H and O–H groups in total. The van der Waals surface area contributed by atoms with E-state index in [0.29, 0.717) is 6.07 Å². The van der Waals surface area contributed by atoms with Crippen LogP contribution in [0.3, 0.4) is 0 Å². The van der Waals surface area contributed by atoms with Gasteiger partial charge in [0.1, 0.15) is 0 Å². The van der Waals surface area contributed by atoms with Crippen LogP contribution in [0.2, 0.25) is 5.02 Å². The van der Waals surface area contributed by atoms with Crippen molar-refractivity contribution in [2.75, 3.05) is 5.06 Å². The Bertz CT molecular complexity index is 846. The Morgan fingerprint density at radius 1 is 0.885 bits per heavy atom. The Hall–Kier alpha value is -2.26. The van der Waals surface area contributed by atoms with E-state index in [9.17, 15) is 31.5 Å². The van der Waals surface area contributed by atoms with E-state index in [2.05, 4.69) is 4.99 Å². The summed E-state index contributed by atoms with van der Waals surface area (Å²) in [4.78, 5) is 2.98. The van der Waals surface area contributed by atoms with Crippen LogP contribution in [0.5, 0.6) is 0 Å². The summed E-state index contributed by atoms with van der Waals surface area (Å²) >= 11 is 5.69. The van der Waals surface area contributed by atoms with Crippen LogP contribution >= 0.6 is 11.6 Å². The lowest BCUT2D eigenvalue weighted by Crippen LogP contribution is -2.56. The lowest BCUT2D eigenvalue weighted by atomic mass is 9.85. The van der Waals surface area contributed by atoms with Crippen LogP contribution in [0.1, 0.15) is 11.1 Å². The van der Waals surface area contributed by atoms with Gasteiger partial charge in [0.2, 0.25) is 0 Å². The van der Waals surface area contributed by atoms with E-state index in [4.69, 9.17) is 11.6 Å². The van der Waals surface area contributed by atoms with Gasteiger partial charge in [-0.25, -0.2) is 10.1 Å². The number of rotatable bonds is 1. The largest absolute Gasteiger partial charge is 0.427 e. The van der Waals surface area contributed by atoms with Crippen LogP contribution in [0.4, 0.5) is 32.0 Å². The monoisotopic (exact) mass is 394 g/mol. The number of fused-ring (bicyclic) bond motifs is 1. The number of amidine groups is 1. The molecule has 0 saturated heterocycles. The molecule has 0 saturated carbocycles. The summed E-state index contributed by atoms with van der Waals surface area (Å²) < 4.78 is 82.2. The highest BCUT2D eigenvalue weighted by molar-refractivity contribution is 6.30. The van der Waals surface area contributed by atoms with Crippen molar-refractivity contribution >= 4 is 23.1 Å². The first kappa shape index (κ1) is 18.5. The van der Waals surface area contributed by atoms with Crippen molar-refractivity contribution < 1.29 is 31.5 Å². The number of para-hydroxylation sites is 1. The first-order valence-electron chi connectivity index (χ1n) is 7.07. The van der Waals surface area contributed by atoms with E-state index < -0.39 is 35.0 Å². The van der Waals surface area contributed by atoms with Crippen molar-refractivity contribution in [2.45, 2.75) is 17.9 Å². The second-order valence-electron chi connectivity index (χ2n) is 5.48. The number of nitrogens with zero attached hydrogens (tertiary/aromatic N) is 2. The fourth-order valence-electron chi connectivity index (χ4n) is 2.72. The zero-order valence-electron chi connectivity index (χ0n) is 12.6. The van der Waals surface area contributed by atoms with Crippen molar-refractivity contribution in [1.82, 2.24) is 0 Å². The molecule has 1 aliphatic rings. The fourth-order valence-corrected chi connectivity index (χ4v) is 2.85. The molecule has 26 heavy (non-hydrogen) atoms. The van der Waals surface area contributed by atoms with Gasteiger partial charge in [-0.05, 0) is 30.3 Å². The number of hydrogen-bond donors (Lipinski definition) is 1. The quantitative estimate of drug-likeness (QED) is 0.665. The average Bonchev–Trinajstić information content (AvgIpc) is 2.54. The van der Waals surface area contributed by atoms with E-state index in [1.807, 2.05) is 0 Å². The Morgan fingerprint density at radius 2 is 1.42 bits per heavy atom. The third-order valence-electron chi connectivity index (χ3n) is 3.92. The highest BCUT2D eigenvalue weighted by atomic mass is 35.5. The third kappa shape index (κ3) is 2.62. The van der Waals surface area contributed by atoms with Crippen molar-refractivity contribution in [3.63, 3.8) is 0 Å². The Labute approximate surface area is 148 Å². The van der Waals surface area contributed by atoms with Crippen LogP contribution in [0.25, 0.3) is 0 Å². The number of anilines is 1. The zero-order chi connectivity index (χ0) is 19.3. The van der Waals surface area contributed by atoms with Gasteiger partial charge in [0, 0.05) is 16.1 Å². The Balaban J connectivity index is 2.38. The van der Waals surface area contributed by atoms with Crippen LogP contribution in [-0.4, -0.2) is 23.4 Å². The zero-order valence-corrected chi connectivity index (χ0v) is 13.4. The van der Waals surface area contributed by atoms with Crippen LogP contribution < -0.4 is 5.06 Å². The molecule has 0 atom stereocenters. The molecule has 0 aliphatic carbocycles. The van der Waals surface area contributed by atoms with E-state index in [1.165, 1.54) is 18.2 Å². The summed E-state index contributed by atoms with van der Waals surface area (Å²) in [6, 6.07) is 8.67. The van der Waals surface area contributed by atoms with Crippen molar-refractivity contribution in [1.29, 1.82) is 0 Å². The number of aliphatic imine (C=N–C) groups is 1. The van der Waals surface area contributed by atoms with Gasteiger partial charge in [-0.1, -0.05) is 29.8 Å². The molecular weight excluding hydrogens is 386 g/mol. The molecule has 0 radical (unpaired) electrons. The van der Waals surface area contributed by atoms with Gasteiger partial charge in [0.15, 0.2) is 5.84 Å². The summed E-state index contributed by atoms with van der Waals surface area (Å²) in [6.45, 7) is 0. The van der Waals surface area contributed by atoms with Gasteiger partial charge in [0.05, 0.1) is 5.69 Å². The number of hydrogen-bond acceptors (Lipinski definition) is 3. The molecule has 2 aromatic carbocycles. The second-order valence-corrected chi connectivity index (χ2v) is 5.91. The second kappa shape index (κ2) is 5.88. The molecule has 10 heteroatoms. The van der Waals surface area contributed by atoms with Gasteiger partial charge in [-0.3, -0.25) is 5.21 Å². The molecule has 1 heterocycles. The van der Waals surface area contributed by atoms with E-state index >= 15 is 0 Å². The number of hydroxylamine groups is 1. The van der Waals surface area contributed by atoms with Crippen molar-refractivity contribution in [2.24, 2.45) is 4.99 Å². The maximum Gasteiger partial charge on any atom is 0.427 e. The molecule has 1 aliphatic heterocycles. The molecule has 0 bridgehead atoms. The lowest BCUT2D eigenvalue weighted by molar-refractivity contribution is -0.301. The molecule has 0 aromatic heterocycles. The summed E-state index contributed by atoms with van der Waals surface area (Å²) in [5, 5.41) is 10.7. The number of alkyl halides is 6.